The van der Waals surface area contributed by atoms with Crippen LogP contribution in [0.25, 0.3) is 0 Å². The van der Waals surface area contributed by atoms with Crippen LogP contribution in [0.5, 0.6) is 0 Å². The van der Waals surface area contributed by atoms with Crippen LogP contribution >= 0.6 is 0 Å². The van der Waals surface area contributed by atoms with Crippen LogP contribution in [0.3, 0.4) is 0 Å². The molecule has 0 radical (unpaired) electrons. The summed E-state index contributed by atoms with van der Waals surface area (Å²) in [4.78, 5) is 34.0. The van der Waals surface area contributed by atoms with Gasteiger partial charge in [0.25, 0.3) is 17.5 Å². The summed E-state index contributed by atoms with van der Waals surface area (Å²) in [7, 11) is 1.50. The molecule has 0 aromatic heterocycles. The molecule has 0 aliphatic carbocycles. The van der Waals surface area contributed by atoms with Gasteiger partial charge >= 0.3 is 0 Å². The number of hydrogen-bond donors (Lipinski definition) is 2. The first-order chi connectivity index (χ1) is 10.5. The number of carbonyl (C=O) groups excluding carboxylic acids is 2. The van der Waals surface area contributed by atoms with E-state index in [2.05, 4.69) is 10.6 Å². The topological polar surface area (TPSA) is 101 Å². The molecule has 0 atom stereocenters. The number of benzene rings is 2. The summed E-state index contributed by atoms with van der Waals surface area (Å²) in [6.45, 7) is 0. The van der Waals surface area contributed by atoms with Gasteiger partial charge in [-0.15, -0.1) is 0 Å². The Morgan fingerprint density at radius 3 is 2.45 bits per heavy atom. The third-order valence-corrected chi connectivity index (χ3v) is 2.96. The maximum absolute atomic E-state index is 12.2. The van der Waals surface area contributed by atoms with Crippen LogP contribution in [-0.2, 0) is 0 Å². The van der Waals surface area contributed by atoms with E-state index < -0.39 is 10.8 Å². The minimum absolute atomic E-state index is 0.0437. The molecule has 0 aliphatic rings. The maximum Gasteiger partial charge on any atom is 0.282 e. The minimum atomic E-state index is -0.615. The van der Waals surface area contributed by atoms with Gasteiger partial charge in [0.05, 0.1) is 4.92 Å². The number of carbonyl (C=O) groups is 2. The van der Waals surface area contributed by atoms with Crippen molar-refractivity contribution >= 4 is 23.2 Å². The van der Waals surface area contributed by atoms with Crippen LogP contribution in [0.15, 0.2) is 48.5 Å². The Labute approximate surface area is 126 Å². The van der Waals surface area contributed by atoms with E-state index in [-0.39, 0.29) is 17.2 Å². The molecule has 2 amide bonds. The number of rotatable bonds is 4. The second-order valence-corrected chi connectivity index (χ2v) is 4.39. The molecule has 22 heavy (non-hydrogen) atoms. The Morgan fingerprint density at radius 2 is 1.77 bits per heavy atom. The van der Waals surface area contributed by atoms with E-state index in [0.717, 1.165) is 0 Å². The van der Waals surface area contributed by atoms with Crippen LogP contribution in [0.1, 0.15) is 20.7 Å². The summed E-state index contributed by atoms with van der Waals surface area (Å²) in [6.07, 6.45) is 0. The highest BCUT2D eigenvalue weighted by atomic mass is 16.6. The molecule has 2 rings (SSSR count). The van der Waals surface area contributed by atoms with Crippen LogP contribution in [-0.4, -0.2) is 23.8 Å². The van der Waals surface area contributed by atoms with Crippen molar-refractivity contribution in [1.82, 2.24) is 5.32 Å². The van der Waals surface area contributed by atoms with Crippen molar-refractivity contribution in [3.8, 4) is 0 Å². The second-order valence-electron chi connectivity index (χ2n) is 4.39. The van der Waals surface area contributed by atoms with Gasteiger partial charge in [0.1, 0.15) is 5.56 Å². The SMILES string of the molecule is CNC(=O)c1cccc(NC(=O)c2ccccc2[N+](=O)[O-])c1. The van der Waals surface area contributed by atoms with Gasteiger partial charge < -0.3 is 10.6 Å². The second kappa shape index (κ2) is 6.49. The summed E-state index contributed by atoms with van der Waals surface area (Å²) in [6, 6.07) is 12.0. The van der Waals surface area contributed by atoms with E-state index in [1.54, 1.807) is 24.3 Å². The number of amides is 2. The molecule has 7 heteroatoms. The molecular weight excluding hydrogens is 286 g/mol. The predicted molar refractivity (Wildman–Crippen MR) is 80.9 cm³/mol. The Morgan fingerprint density at radius 1 is 1.05 bits per heavy atom. The predicted octanol–water partition coefficient (Wildman–Crippen LogP) is 2.21. The molecule has 0 saturated carbocycles. The lowest BCUT2D eigenvalue weighted by Gasteiger charge is -2.07. The molecule has 0 fully saturated rings. The molecular formula is C15H13N3O4. The van der Waals surface area contributed by atoms with Gasteiger partial charge in [-0.2, -0.15) is 0 Å². The van der Waals surface area contributed by atoms with Gasteiger partial charge in [-0.3, -0.25) is 19.7 Å². The number of anilines is 1. The highest BCUT2D eigenvalue weighted by molar-refractivity contribution is 6.07. The van der Waals surface area contributed by atoms with Crippen LogP contribution in [0.2, 0.25) is 0 Å². The standard InChI is InChI=1S/C15H13N3O4/c1-16-14(19)10-5-4-6-11(9-10)17-15(20)12-7-2-3-8-13(12)18(21)22/h2-9H,1H3,(H,16,19)(H,17,20). The fraction of sp³-hybridized carbons (Fsp3) is 0.0667. The van der Waals surface area contributed by atoms with Crippen LogP contribution < -0.4 is 10.6 Å². The quantitative estimate of drug-likeness (QED) is 0.667. The largest absolute Gasteiger partial charge is 0.355 e. The van der Waals surface area contributed by atoms with E-state index in [1.165, 1.54) is 31.3 Å². The third-order valence-electron chi connectivity index (χ3n) is 2.96. The summed E-state index contributed by atoms with van der Waals surface area (Å²) in [5.74, 6) is -0.900. The zero-order chi connectivity index (χ0) is 16.1. The molecule has 0 aliphatic heterocycles. The first-order valence-electron chi connectivity index (χ1n) is 6.40. The highest BCUT2D eigenvalue weighted by Gasteiger charge is 2.19. The number of nitro benzene ring substituents is 1. The van der Waals surface area contributed by atoms with Gasteiger partial charge in [-0.05, 0) is 24.3 Å². The van der Waals surface area contributed by atoms with Gasteiger partial charge in [0.2, 0.25) is 0 Å². The van der Waals surface area contributed by atoms with Gasteiger partial charge in [-0.1, -0.05) is 18.2 Å². The highest BCUT2D eigenvalue weighted by Crippen LogP contribution is 2.19. The molecule has 0 unspecified atom stereocenters. The van der Waals surface area contributed by atoms with Crippen molar-refractivity contribution in [3.63, 3.8) is 0 Å². The molecule has 0 saturated heterocycles. The smallest absolute Gasteiger partial charge is 0.282 e. The number of nitro groups is 1. The average molecular weight is 299 g/mol. The molecule has 2 aromatic rings. The Hall–Kier alpha value is -3.22. The number of hydrogen-bond acceptors (Lipinski definition) is 4. The van der Waals surface area contributed by atoms with Gasteiger partial charge in [-0.25, -0.2) is 0 Å². The number of para-hydroxylation sites is 1. The van der Waals surface area contributed by atoms with E-state index in [0.29, 0.717) is 11.3 Å². The van der Waals surface area contributed by atoms with Crippen molar-refractivity contribution in [2.24, 2.45) is 0 Å². The fourth-order valence-corrected chi connectivity index (χ4v) is 1.91. The first kappa shape index (κ1) is 15.2. The summed E-state index contributed by atoms with van der Waals surface area (Å²) < 4.78 is 0. The van der Waals surface area contributed by atoms with Crippen LogP contribution in [0.4, 0.5) is 11.4 Å². The Bertz CT molecular complexity index is 743. The molecule has 112 valence electrons. The molecule has 7 nitrogen and oxygen atoms in total. The normalized spacial score (nSPS) is 9.86. The lowest BCUT2D eigenvalue weighted by molar-refractivity contribution is -0.385. The summed E-state index contributed by atoms with van der Waals surface area (Å²) in [5.41, 5.74) is 0.437. The van der Waals surface area contributed by atoms with Crippen molar-refractivity contribution in [2.75, 3.05) is 12.4 Å². The monoisotopic (exact) mass is 299 g/mol. The van der Waals surface area contributed by atoms with Crippen LogP contribution in [0, 0.1) is 10.1 Å². The van der Waals surface area contributed by atoms with Crippen molar-refractivity contribution in [1.29, 1.82) is 0 Å². The lowest BCUT2D eigenvalue weighted by Crippen LogP contribution is -2.18. The van der Waals surface area contributed by atoms with E-state index in [4.69, 9.17) is 0 Å². The zero-order valence-corrected chi connectivity index (χ0v) is 11.7. The summed E-state index contributed by atoms with van der Waals surface area (Å²) in [5, 5.41) is 16.0. The number of nitrogens with one attached hydrogen (secondary N) is 2. The zero-order valence-electron chi connectivity index (χ0n) is 11.7. The van der Waals surface area contributed by atoms with Crippen molar-refractivity contribution < 1.29 is 14.5 Å². The molecule has 0 bridgehead atoms. The minimum Gasteiger partial charge on any atom is -0.355 e. The van der Waals surface area contributed by atoms with E-state index in [9.17, 15) is 19.7 Å². The van der Waals surface area contributed by atoms with Gasteiger partial charge in [0, 0.05) is 24.4 Å². The maximum atomic E-state index is 12.2. The molecule has 2 aromatic carbocycles. The molecule has 0 heterocycles. The van der Waals surface area contributed by atoms with E-state index >= 15 is 0 Å². The van der Waals surface area contributed by atoms with E-state index in [1.807, 2.05) is 0 Å². The van der Waals surface area contributed by atoms with Crippen molar-refractivity contribution in [2.45, 2.75) is 0 Å². The fourth-order valence-electron chi connectivity index (χ4n) is 1.91. The third kappa shape index (κ3) is 3.26. The number of nitrogens with zero attached hydrogens (tertiary/aromatic N) is 1. The molecule has 2 N–H and O–H groups in total. The van der Waals surface area contributed by atoms with Gasteiger partial charge in [0.15, 0.2) is 0 Å². The average Bonchev–Trinajstić information content (AvgIpc) is 2.54. The first-order valence-corrected chi connectivity index (χ1v) is 6.40. The summed E-state index contributed by atoms with van der Waals surface area (Å²) >= 11 is 0. The Balaban J connectivity index is 2.26. The lowest BCUT2D eigenvalue weighted by atomic mass is 10.1. The molecule has 0 spiro atoms. The van der Waals surface area contributed by atoms with Crippen molar-refractivity contribution in [3.05, 3.63) is 69.8 Å². The Kier molecular flexibility index (Phi) is 4.47.